The molecule has 3 heterocycles. The van der Waals surface area contributed by atoms with Crippen molar-refractivity contribution in [3.63, 3.8) is 0 Å². The first kappa shape index (κ1) is 25.6. The zero-order chi connectivity index (χ0) is 26.9. The van der Waals surface area contributed by atoms with E-state index in [-0.39, 0.29) is 23.3 Å². The number of nitrogens with zero attached hydrogens (tertiary/aromatic N) is 4. The number of nitrogens with one attached hydrogen (secondary N) is 1. The number of hydrogen-bond acceptors (Lipinski definition) is 7. The zero-order valence-corrected chi connectivity index (χ0v) is 23.8. The minimum absolute atomic E-state index is 0.0149. The smallest absolute Gasteiger partial charge is 0.239 e. The van der Waals surface area contributed by atoms with Gasteiger partial charge in [-0.1, -0.05) is 0 Å². The van der Waals surface area contributed by atoms with Crippen LogP contribution in [-0.4, -0.2) is 67.6 Å². The minimum Gasteiger partial charge on any atom is -0.393 e. The molecular weight excluding hydrogens is 510 g/mol. The van der Waals surface area contributed by atoms with Crippen molar-refractivity contribution in [1.29, 1.82) is 0 Å². The van der Waals surface area contributed by atoms with Crippen molar-refractivity contribution in [2.75, 3.05) is 30.4 Å². The standard InChI is InChI=1S/C30H39N5O3S/c1-19-14-22(39(38)23-16-29(17-23)10-12-34(2)13-11-29)6-7-25(19)32-28-31-18-24-26(33-28)35(27(37)30(24)8-9-30)20-4-3-5-21(36)15-20/h6-7,14,18,20-21,23,36H,3-5,8-13,15-17H2,1-2H3,(H,31,32,33). The molecule has 2 N–H and O–H groups in total. The van der Waals surface area contributed by atoms with E-state index in [4.69, 9.17) is 4.98 Å². The van der Waals surface area contributed by atoms with Gasteiger partial charge < -0.3 is 15.3 Å². The van der Waals surface area contributed by atoms with Crippen molar-refractivity contribution in [2.24, 2.45) is 5.41 Å². The average Bonchev–Trinajstić information content (AvgIpc) is 3.67. The summed E-state index contributed by atoms with van der Waals surface area (Å²) in [5.41, 5.74) is 2.77. The number of likely N-dealkylation sites (tertiary alicyclic amines) is 1. The van der Waals surface area contributed by atoms with Gasteiger partial charge in [-0.25, -0.2) is 4.98 Å². The van der Waals surface area contributed by atoms with Crippen LogP contribution in [0.2, 0.25) is 0 Å². The van der Waals surface area contributed by atoms with Crippen molar-refractivity contribution < 1.29 is 14.1 Å². The number of anilines is 3. The molecule has 1 aromatic carbocycles. The number of aliphatic hydroxyl groups is 1. The molecule has 208 valence electrons. The maximum atomic E-state index is 13.5. The van der Waals surface area contributed by atoms with Crippen molar-refractivity contribution in [2.45, 2.75) is 98.8 Å². The predicted octanol–water partition coefficient (Wildman–Crippen LogP) is 4.19. The quantitative estimate of drug-likeness (QED) is 0.577. The molecule has 4 fully saturated rings. The molecule has 1 amide bonds. The van der Waals surface area contributed by atoms with E-state index in [0.717, 1.165) is 79.7 Å². The molecule has 8 nitrogen and oxygen atoms in total. The number of aliphatic hydroxyl groups excluding tert-OH is 1. The lowest BCUT2D eigenvalue weighted by atomic mass is 9.63. The number of aryl methyl sites for hydroxylation is 1. The Labute approximate surface area is 233 Å². The summed E-state index contributed by atoms with van der Waals surface area (Å²) in [5.74, 6) is 1.29. The normalized spacial score (nSPS) is 28.4. The third kappa shape index (κ3) is 4.32. The largest absolute Gasteiger partial charge is 0.393 e. The third-order valence-corrected chi connectivity index (χ3v) is 11.9. The highest BCUT2D eigenvalue weighted by Gasteiger charge is 2.61. The van der Waals surface area contributed by atoms with Crippen LogP contribution < -0.4 is 10.2 Å². The van der Waals surface area contributed by atoms with Crippen LogP contribution in [0.5, 0.6) is 0 Å². The van der Waals surface area contributed by atoms with Crippen LogP contribution in [0.1, 0.15) is 75.3 Å². The Hall–Kier alpha value is -2.36. The van der Waals surface area contributed by atoms with Crippen LogP contribution >= 0.6 is 0 Å². The molecule has 1 saturated heterocycles. The van der Waals surface area contributed by atoms with Gasteiger partial charge in [-0.05, 0) is 120 Å². The van der Waals surface area contributed by atoms with E-state index < -0.39 is 16.2 Å². The van der Waals surface area contributed by atoms with Gasteiger partial charge in [0.25, 0.3) is 0 Å². The summed E-state index contributed by atoms with van der Waals surface area (Å²) < 4.78 is 13.4. The zero-order valence-electron chi connectivity index (χ0n) is 23.0. The minimum atomic E-state index is -0.997. The highest BCUT2D eigenvalue weighted by molar-refractivity contribution is 7.85. The molecule has 2 aromatic rings. The summed E-state index contributed by atoms with van der Waals surface area (Å²) in [6.45, 7) is 4.33. The van der Waals surface area contributed by atoms with Gasteiger partial charge in [0.05, 0.1) is 22.3 Å². The fourth-order valence-electron chi connectivity index (χ4n) is 7.49. The lowest BCUT2D eigenvalue weighted by molar-refractivity contribution is -0.121. The first-order valence-electron chi connectivity index (χ1n) is 14.6. The van der Waals surface area contributed by atoms with Crippen molar-refractivity contribution in [3.8, 4) is 0 Å². The van der Waals surface area contributed by atoms with Crippen molar-refractivity contribution in [1.82, 2.24) is 14.9 Å². The highest BCUT2D eigenvalue weighted by Crippen LogP contribution is 2.58. The predicted molar refractivity (Wildman–Crippen MR) is 152 cm³/mol. The highest BCUT2D eigenvalue weighted by atomic mass is 32.2. The number of piperidine rings is 1. The number of amides is 1. The molecule has 3 aliphatic carbocycles. The lowest BCUT2D eigenvalue weighted by Gasteiger charge is -2.51. The van der Waals surface area contributed by atoms with Crippen LogP contribution in [0, 0.1) is 12.3 Å². The summed E-state index contributed by atoms with van der Waals surface area (Å²) in [5, 5.41) is 13.9. The van der Waals surface area contributed by atoms with Crippen molar-refractivity contribution >= 4 is 34.2 Å². The maximum Gasteiger partial charge on any atom is 0.239 e. The maximum absolute atomic E-state index is 13.5. The Balaban J connectivity index is 1.07. The first-order chi connectivity index (χ1) is 18.8. The van der Waals surface area contributed by atoms with E-state index in [2.05, 4.69) is 22.2 Å². The second kappa shape index (κ2) is 9.35. The van der Waals surface area contributed by atoms with E-state index >= 15 is 0 Å². The Morgan fingerprint density at radius 3 is 2.59 bits per heavy atom. The van der Waals surface area contributed by atoms with E-state index in [9.17, 15) is 14.1 Å². The molecule has 3 unspecified atom stereocenters. The summed E-state index contributed by atoms with van der Waals surface area (Å²) >= 11 is 0. The van der Waals surface area contributed by atoms with Crippen LogP contribution in [0.25, 0.3) is 0 Å². The Kier molecular flexibility index (Phi) is 6.14. The molecule has 0 bridgehead atoms. The van der Waals surface area contributed by atoms with Gasteiger partial charge in [0.2, 0.25) is 11.9 Å². The Morgan fingerprint density at radius 1 is 1.13 bits per heavy atom. The van der Waals surface area contributed by atoms with Crippen molar-refractivity contribution in [3.05, 3.63) is 35.5 Å². The molecule has 7 rings (SSSR count). The summed E-state index contributed by atoms with van der Waals surface area (Å²) in [4.78, 5) is 28.1. The van der Waals surface area contributed by atoms with E-state index in [1.165, 1.54) is 12.8 Å². The molecule has 1 aromatic heterocycles. The fourth-order valence-corrected chi connectivity index (χ4v) is 9.38. The van der Waals surface area contributed by atoms with Gasteiger partial charge in [-0.3, -0.25) is 13.9 Å². The van der Waals surface area contributed by atoms with E-state index in [0.29, 0.717) is 23.6 Å². The first-order valence-corrected chi connectivity index (χ1v) is 15.8. The van der Waals surface area contributed by atoms with Gasteiger partial charge in [0, 0.05) is 33.6 Å². The number of benzene rings is 1. The van der Waals surface area contributed by atoms with Gasteiger partial charge in [0.15, 0.2) is 0 Å². The number of aromatic nitrogens is 2. The van der Waals surface area contributed by atoms with E-state index in [1.807, 2.05) is 36.2 Å². The molecule has 39 heavy (non-hydrogen) atoms. The monoisotopic (exact) mass is 549 g/mol. The molecule has 0 radical (unpaired) electrons. The summed E-state index contributed by atoms with van der Waals surface area (Å²) in [6.07, 6.45) is 11.0. The number of rotatable bonds is 5. The van der Waals surface area contributed by atoms with Crippen LogP contribution in [0.3, 0.4) is 0 Å². The van der Waals surface area contributed by atoms with Gasteiger partial charge >= 0.3 is 0 Å². The number of carbonyl (C=O) groups excluding carboxylic acids is 1. The second-order valence-corrected chi connectivity index (χ2v) is 14.6. The van der Waals surface area contributed by atoms with Crippen LogP contribution in [0.15, 0.2) is 29.3 Å². The molecule has 5 aliphatic rings. The lowest BCUT2D eigenvalue weighted by Crippen LogP contribution is -2.49. The molecule has 2 spiro atoms. The molecule has 3 saturated carbocycles. The van der Waals surface area contributed by atoms with E-state index in [1.54, 1.807) is 0 Å². The second-order valence-electron chi connectivity index (χ2n) is 12.9. The van der Waals surface area contributed by atoms with Gasteiger partial charge in [-0.15, -0.1) is 0 Å². The summed E-state index contributed by atoms with van der Waals surface area (Å²) in [6, 6.07) is 5.96. The topological polar surface area (TPSA) is 98.7 Å². The van der Waals surface area contributed by atoms with Gasteiger partial charge in [-0.2, -0.15) is 4.98 Å². The SMILES string of the molecule is Cc1cc(S(=O)C2CC3(CCN(C)CC3)C2)ccc1Nc1ncc2c(n1)N(C1CCCC(O)C1)C(=O)C21CC1. The number of hydrogen-bond donors (Lipinski definition) is 2. The number of carbonyl (C=O) groups is 1. The Bertz CT molecular complexity index is 1330. The van der Waals surface area contributed by atoms with Gasteiger partial charge in [0.1, 0.15) is 5.82 Å². The molecule has 2 aliphatic heterocycles. The van der Waals surface area contributed by atoms with Crippen LogP contribution in [-0.2, 0) is 21.0 Å². The molecule has 9 heteroatoms. The molecule has 3 atom stereocenters. The average molecular weight is 550 g/mol. The molecular formula is C30H39N5O3S. The third-order valence-electron chi connectivity index (χ3n) is 10.2. The fraction of sp³-hybridized carbons (Fsp3) is 0.633. The number of fused-ring (bicyclic) bond motifs is 2. The summed E-state index contributed by atoms with van der Waals surface area (Å²) in [7, 11) is 1.19. The van der Waals surface area contributed by atoms with Crippen LogP contribution in [0.4, 0.5) is 17.5 Å². The Morgan fingerprint density at radius 2 is 1.90 bits per heavy atom.